The smallest absolute Gasteiger partial charge is 0.257 e. The molecular formula is C15H18N2O3. The molecule has 2 rings (SSSR count). The van der Waals surface area contributed by atoms with Crippen LogP contribution in [0.5, 0.6) is 0 Å². The van der Waals surface area contributed by atoms with Gasteiger partial charge in [-0.3, -0.25) is 14.9 Å². The maximum absolute atomic E-state index is 11.8. The summed E-state index contributed by atoms with van der Waals surface area (Å²) in [6.07, 6.45) is 1.58. The van der Waals surface area contributed by atoms with Crippen LogP contribution in [0.15, 0.2) is 29.4 Å². The standard InChI is InChI=1S/C15H18N2O3/c1-4-15(3)9-13(17-20-15)11-6-5-7-12(8-11)14(19)16-10(2)18/h5-8H,4,9H2,1-3H3,(H,16,18,19). The summed E-state index contributed by atoms with van der Waals surface area (Å²) in [6.45, 7) is 5.37. The summed E-state index contributed by atoms with van der Waals surface area (Å²) in [5.41, 5.74) is 1.84. The van der Waals surface area contributed by atoms with E-state index in [4.69, 9.17) is 4.84 Å². The van der Waals surface area contributed by atoms with Crippen molar-refractivity contribution in [2.24, 2.45) is 5.16 Å². The number of benzene rings is 1. The predicted octanol–water partition coefficient (Wildman–Crippen LogP) is 2.26. The Kier molecular flexibility index (Phi) is 3.88. The monoisotopic (exact) mass is 274 g/mol. The molecule has 0 aliphatic carbocycles. The molecule has 2 amide bonds. The number of amides is 2. The van der Waals surface area contributed by atoms with E-state index in [1.165, 1.54) is 6.92 Å². The van der Waals surface area contributed by atoms with Crippen LogP contribution >= 0.6 is 0 Å². The fourth-order valence-corrected chi connectivity index (χ4v) is 2.00. The number of oxime groups is 1. The quantitative estimate of drug-likeness (QED) is 0.919. The van der Waals surface area contributed by atoms with Gasteiger partial charge in [-0.15, -0.1) is 0 Å². The lowest BCUT2D eigenvalue weighted by Gasteiger charge is -2.18. The van der Waals surface area contributed by atoms with Crippen LogP contribution in [0.3, 0.4) is 0 Å². The van der Waals surface area contributed by atoms with E-state index in [1.54, 1.807) is 18.2 Å². The molecule has 5 heteroatoms. The van der Waals surface area contributed by atoms with E-state index in [0.29, 0.717) is 12.0 Å². The zero-order valence-electron chi connectivity index (χ0n) is 11.9. The minimum Gasteiger partial charge on any atom is -0.389 e. The van der Waals surface area contributed by atoms with Crippen LogP contribution in [0.25, 0.3) is 0 Å². The van der Waals surface area contributed by atoms with E-state index in [0.717, 1.165) is 17.7 Å². The molecule has 0 spiro atoms. The predicted molar refractivity (Wildman–Crippen MR) is 75.5 cm³/mol. The maximum Gasteiger partial charge on any atom is 0.257 e. The first-order chi connectivity index (χ1) is 9.43. The van der Waals surface area contributed by atoms with E-state index < -0.39 is 5.91 Å². The van der Waals surface area contributed by atoms with Crippen LogP contribution in [0.4, 0.5) is 0 Å². The molecule has 0 radical (unpaired) electrons. The fourth-order valence-electron chi connectivity index (χ4n) is 2.00. The summed E-state index contributed by atoms with van der Waals surface area (Å²) in [7, 11) is 0. The number of carbonyl (C=O) groups excluding carboxylic acids is 2. The molecule has 1 atom stereocenters. The van der Waals surface area contributed by atoms with Crippen LogP contribution in [0.1, 0.15) is 49.5 Å². The van der Waals surface area contributed by atoms with Gasteiger partial charge < -0.3 is 4.84 Å². The Balaban J connectivity index is 2.19. The average Bonchev–Trinajstić information content (AvgIpc) is 2.82. The number of hydrogen-bond acceptors (Lipinski definition) is 4. The molecule has 1 aromatic rings. The molecule has 1 unspecified atom stereocenters. The van der Waals surface area contributed by atoms with Crippen molar-refractivity contribution in [2.45, 2.75) is 39.2 Å². The molecule has 1 N–H and O–H groups in total. The third kappa shape index (κ3) is 3.04. The molecule has 1 heterocycles. The third-order valence-corrected chi connectivity index (χ3v) is 3.41. The van der Waals surface area contributed by atoms with Gasteiger partial charge in [0.1, 0.15) is 5.60 Å². The molecule has 0 bridgehead atoms. The van der Waals surface area contributed by atoms with Crippen LogP contribution in [0.2, 0.25) is 0 Å². The highest BCUT2D eigenvalue weighted by molar-refractivity contribution is 6.07. The molecule has 1 aliphatic rings. The van der Waals surface area contributed by atoms with Gasteiger partial charge in [0.2, 0.25) is 5.91 Å². The van der Waals surface area contributed by atoms with Crippen LogP contribution < -0.4 is 5.32 Å². The van der Waals surface area contributed by atoms with E-state index in [-0.39, 0.29) is 11.5 Å². The molecule has 20 heavy (non-hydrogen) atoms. The highest BCUT2D eigenvalue weighted by Crippen LogP contribution is 2.29. The zero-order chi connectivity index (χ0) is 14.8. The van der Waals surface area contributed by atoms with Gasteiger partial charge in [0.05, 0.1) is 5.71 Å². The highest BCUT2D eigenvalue weighted by Gasteiger charge is 2.32. The number of carbonyl (C=O) groups is 2. The van der Waals surface area contributed by atoms with Crippen molar-refractivity contribution in [1.29, 1.82) is 0 Å². The highest BCUT2D eigenvalue weighted by atomic mass is 16.7. The van der Waals surface area contributed by atoms with Gasteiger partial charge in [-0.05, 0) is 25.5 Å². The van der Waals surface area contributed by atoms with Crippen molar-refractivity contribution in [2.75, 3.05) is 0 Å². The molecule has 0 saturated carbocycles. The van der Waals surface area contributed by atoms with Gasteiger partial charge in [0.15, 0.2) is 0 Å². The zero-order valence-corrected chi connectivity index (χ0v) is 11.9. The lowest BCUT2D eigenvalue weighted by molar-refractivity contribution is -0.118. The van der Waals surface area contributed by atoms with Crippen molar-refractivity contribution < 1.29 is 14.4 Å². The van der Waals surface area contributed by atoms with E-state index in [9.17, 15) is 9.59 Å². The van der Waals surface area contributed by atoms with Gasteiger partial charge in [-0.2, -0.15) is 0 Å². The van der Waals surface area contributed by atoms with Gasteiger partial charge in [-0.1, -0.05) is 24.2 Å². The van der Waals surface area contributed by atoms with Gasteiger partial charge >= 0.3 is 0 Å². The number of rotatable bonds is 3. The van der Waals surface area contributed by atoms with Crippen LogP contribution in [-0.2, 0) is 9.63 Å². The largest absolute Gasteiger partial charge is 0.389 e. The third-order valence-electron chi connectivity index (χ3n) is 3.41. The fraction of sp³-hybridized carbons (Fsp3) is 0.400. The summed E-state index contributed by atoms with van der Waals surface area (Å²) in [5.74, 6) is -0.780. The first-order valence-corrected chi connectivity index (χ1v) is 6.61. The Morgan fingerprint density at radius 1 is 1.45 bits per heavy atom. The second kappa shape index (κ2) is 5.45. The minimum absolute atomic E-state index is 0.271. The molecule has 0 aromatic heterocycles. The molecule has 0 fully saturated rings. The summed E-state index contributed by atoms with van der Waals surface area (Å²) in [5, 5.41) is 6.36. The van der Waals surface area contributed by atoms with Crippen LogP contribution in [0, 0.1) is 0 Å². The molecule has 1 aliphatic heterocycles. The molecule has 106 valence electrons. The molecule has 1 aromatic carbocycles. The lowest BCUT2D eigenvalue weighted by atomic mass is 9.93. The van der Waals surface area contributed by atoms with Crippen LogP contribution in [-0.4, -0.2) is 23.1 Å². The van der Waals surface area contributed by atoms with Gasteiger partial charge in [0.25, 0.3) is 5.91 Å². The van der Waals surface area contributed by atoms with Crippen molar-refractivity contribution in [3.63, 3.8) is 0 Å². The number of nitrogens with zero attached hydrogens (tertiary/aromatic N) is 1. The average molecular weight is 274 g/mol. The SMILES string of the molecule is CCC1(C)CC(c2cccc(C(=O)NC(C)=O)c2)=NO1. The van der Waals surface area contributed by atoms with E-state index in [2.05, 4.69) is 17.4 Å². The van der Waals surface area contributed by atoms with Crippen molar-refractivity contribution in [3.05, 3.63) is 35.4 Å². The number of hydrogen-bond donors (Lipinski definition) is 1. The van der Waals surface area contributed by atoms with Crippen molar-refractivity contribution in [3.8, 4) is 0 Å². The normalized spacial score (nSPS) is 21.1. The first kappa shape index (κ1) is 14.2. The Labute approximate surface area is 118 Å². The molecule has 5 nitrogen and oxygen atoms in total. The van der Waals surface area contributed by atoms with Gasteiger partial charge in [-0.25, -0.2) is 0 Å². The van der Waals surface area contributed by atoms with Crippen molar-refractivity contribution in [1.82, 2.24) is 5.32 Å². The number of imide groups is 1. The second-order valence-corrected chi connectivity index (χ2v) is 5.20. The first-order valence-electron chi connectivity index (χ1n) is 6.61. The van der Waals surface area contributed by atoms with Crippen molar-refractivity contribution >= 4 is 17.5 Å². The molecular weight excluding hydrogens is 256 g/mol. The van der Waals surface area contributed by atoms with E-state index in [1.807, 2.05) is 13.0 Å². The Bertz CT molecular complexity index is 580. The minimum atomic E-state index is -0.405. The lowest BCUT2D eigenvalue weighted by Crippen LogP contribution is -2.28. The summed E-state index contributed by atoms with van der Waals surface area (Å²) in [6, 6.07) is 7.04. The summed E-state index contributed by atoms with van der Waals surface area (Å²) in [4.78, 5) is 28.2. The Hall–Kier alpha value is -2.17. The summed E-state index contributed by atoms with van der Waals surface area (Å²) < 4.78 is 0. The summed E-state index contributed by atoms with van der Waals surface area (Å²) >= 11 is 0. The van der Waals surface area contributed by atoms with E-state index >= 15 is 0 Å². The van der Waals surface area contributed by atoms with Gasteiger partial charge in [0, 0.05) is 24.5 Å². The maximum atomic E-state index is 11.8. The topological polar surface area (TPSA) is 67.8 Å². The number of nitrogens with one attached hydrogen (secondary N) is 1. The Morgan fingerprint density at radius 2 is 2.20 bits per heavy atom. The second-order valence-electron chi connectivity index (χ2n) is 5.20. The Morgan fingerprint density at radius 3 is 2.80 bits per heavy atom. The molecule has 0 saturated heterocycles.